The Hall–Kier alpha value is -0.130. The van der Waals surface area contributed by atoms with Gasteiger partial charge in [0.15, 0.2) is 0 Å². The maximum absolute atomic E-state index is 8.75. The fourth-order valence-corrected chi connectivity index (χ4v) is 1.56. The van der Waals surface area contributed by atoms with Crippen LogP contribution in [0.25, 0.3) is 0 Å². The fraction of sp³-hybridized carbons (Fsp3) is 0.125. The molecule has 0 fully saturated rings. The highest BCUT2D eigenvalue weighted by Crippen LogP contribution is 2.41. The molecule has 1 aromatic carbocycles. The molecular weight excluding hydrogens is 252 g/mol. The molecule has 0 atom stereocenters. The van der Waals surface area contributed by atoms with Gasteiger partial charge in [0.25, 0.3) is 0 Å². The minimum absolute atomic E-state index is 0.198. The van der Waals surface area contributed by atoms with Crippen LogP contribution in [-0.4, -0.2) is 0 Å². The highest BCUT2D eigenvalue weighted by molar-refractivity contribution is 6.66. The van der Waals surface area contributed by atoms with Gasteiger partial charge in [0.05, 0.1) is 10.6 Å². The van der Waals surface area contributed by atoms with Crippen molar-refractivity contribution in [3.05, 3.63) is 34.3 Å². The summed E-state index contributed by atoms with van der Waals surface area (Å²) in [6, 6.07) is 6.63. The Morgan fingerprint density at radius 3 is 2.23 bits per heavy atom. The first kappa shape index (κ1) is 10.9. The van der Waals surface area contributed by atoms with E-state index in [1.54, 1.807) is 18.2 Å². The molecule has 1 rings (SSSR count). The fourth-order valence-electron chi connectivity index (χ4n) is 0.874. The monoisotopic (exact) mass is 253 g/mol. The van der Waals surface area contributed by atoms with Gasteiger partial charge < -0.3 is 0 Å². The highest BCUT2D eigenvalue weighted by Gasteiger charge is 2.27. The Morgan fingerprint density at radius 1 is 1.23 bits per heavy atom. The molecule has 1 nitrogen and oxygen atoms in total. The van der Waals surface area contributed by atoms with Crippen molar-refractivity contribution in [2.24, 2.45) is 0 Å². The molecule has 0 aliphatic rings. The summed E-state index contributed by atoms with van der Waals surface area (Å²) in [6.45, 7) is 0. The molecule has 68 valence electrons. The van der Waals surface area contributed by atoms with Crippen molar-refractivity contribution >= 4 is 46.4 Å². The molecule has 0 amide bonds. The standard InChI is InChI=1S/C8H3Cl4N/c9-7-3-1-2-6(5(7)4-13)8(10,11)12/h1-3H. The Balaban J connectivity index is 3.40. The van der Waals surface area contributed by atoms with Gasteiger partial charge in [-0.05, 0) is 6.07 Å². The molecule has 0 unspecified atom stereocenters. The molecule has 0 aromatic heterocycles. The van der Waals surface area contributed by atoms with Crippen LogP contribution in [0.15, 0.2) is 18.2 Å². The first-order valence-electron chi connectivity index (χ1n) is 3.22. The minimum atomic E-state index is -1.62. The van der Waals surface area contributed by atoms with Crippen molar-refractivity contribution in [2.45, 2.75) is 3.79 Å². The zero-order chi connectivity index (χ0) is 10.1. The number of hydrogen-bond donors (Lipinski definition) is 0. The third kappa shape index (κ3) is 2.42. The summed E-state index contributed by atoms with van der Waals surface area (Å²) in [5.74, 6) is 0. The Bertz CT molecular complexity index is 361. The largest absolute Gasteiger partial charge is 0.217 e. The van der Waals surface area contributed by atoms with Crippen LogP contribution in [0.2, 0.25) is 5.02 Å². The molecule has 0 spiro atoms. The summed E-state index contributed by atoms with van der Waals surface area (Å²) >= 11 is 22.6. The van der Waals surface area contributed by atoms with Crippen molar-refractivity contribution in [3.8, 4) is 6.07 Å². The third-order valence-electron chi connectivity index (χ3n) is 1.43. The third-order valence-corrected chi connectivity index (χ3v) is 2.36. The van der Waals surface area contributed by atoms with E-state index in [1.807, 2.05) is 6.07 Å². The van der Waals surface area contributed by atoms with Gasteiger partial charge in [0, 0.05) is 5.56 Å². The molecule has 0 aliphatic heterocycles. The lowest BCUT2D eigenvalue weighted by Crippen LogP contribution is -2.03. The van der Waals surface area contributed by atoms with Gasteiger partial charge >= 0.3 is 0 Å². The molecule has 0 bridgehead atoms. The van der Waals surface area contributed by atoms with E-state index in [0.29, 0.717) is 5.56 Å². The van der Waals surface area contributed by atoms with Crippen molar-refractivity contribution in [1.29, 1.82) is 5.26 Å². The predicted octanol–water partition coefficient (Wildman–Crippen LogP) is 4.04. The number of rotatable bonds is 0. The van der Waals surface area contributed by atoms with Gasteiger partial charge in [-0.2, -0.15) is 5.26 Å². The lowest BCUT2D eigenvalue weighted by atomic mass is 10.1. The summed E-state index contributed by atoms with van der Waals surface area (Å²) in [5, 5.41) is 9.04. The SMILES string of the molecule is N#Cc1c(Cl)cccc1C(Cl)(Cl)Cl. The number of nitriles is 1. The molecule has 0 saturated heterocycles. The summed E-state index contributed by atoms with van der Waals surface area (Å²) < 4.78 is -1.62. The van der Waals surface area contributed by atoms with Gasteiger partial charge in [-0.25, -0.2) is 0 Å². The number of nitrogens with zero attached hydrogens (tertiary/aromatic N) is 1. The first-order valence-corrected chi connectivity index (χ1v) is 4.74. The first-order chi connectivity index (χ1) is 5.96. The predicted molar refractivity (Wildman–Crippen MR) is 55.4 cm³/mol. The quantitative estimate of drug-likeness (QED) is 0.641. The van der Waals surface area contributed by atoms with Crippen molar-refractivity contribution in [1.82, 2.24) is 0 Å². The van der Waals surface area contributed by atoms with E-state index in [1.165, 1.54) is 0 Å². The maximum Gasteiger partial charge on any atom is 0.217 e. The Labute approximate surface area is 95.8 Å². The molecule has 1 aromatic rings. The normalized spacial score (nSPS) is 11.0. The van der Waals surface area contributed by atoms with E-state index in [-0.39, 0.29) is 10.6 Å². The van der Waals surface area contributed by atoms with Gasteiger partial charge in [-0.15, -0.1) is 0 Å². The molecule has 0 radical (unpaired) electrons. The van der Waals surface area contributed by atoms with E-state index in [9.17, 15) is 0 Å². The van der Waals surface area contributed by atoms with Crippen LogP contribution < -0.4 is 0 Å². The van der Waals surface area contributed by atoms with E-state index >= 15 is 0 Å². The highest BCUT2D eigenvalue weighted by atomic mass is 35.6. The van der Waals surface area contributed by atoms with Crippen LogP contribution in [0, 0.1) is 11.3 Å². The van der Waals surface area contributed by atoms with Crippen LogP contribution in [0.3, 0.4) is 0 Å². The van der Waals surface area contributed by atoms with Gasteiger partial charge in [0.1, 0.15) is 6.07 Å². The van der Waals surface area contributed by atoms with Gasteiger partial charge in [-0.1, -0.05) is 58.5 Å². The minimum Gasteiger partial charge on any atom is -0.192 e. The van der Waals surface area contributed by atoms with E-state index in [0.717, 1.165) is 0 Å². The number of hydrogen-bond acceptors (Lipinski definition) is 1. The number of alkyl halides is 3. The summed E-state index contributed by atoms with van der Waals surface area (Å²) in [7, 11) is 0. The van der Waals surface area contributed by atoms with Crippen LogP contribution in [-0.2, 0) is 3.79 Å². The second-order valence-corrected chi connectivity index (χ2v) is 4.96. The molecule has 0 saturated carbocycles. The topological polar surface area (TPSA) is 23.8 Å². The molecule has 0 aliphatic carbocycles. The summed E-state index contributed by atoms with van der Waals surface area (Å²) in [5.41, 5.74) is 0.497. The average Bonchev–Trinajstić information content (AvgIpc) is 2.02. The second kappa shape index (κ2) is 3.94. The lowest BCUT2D eigenvalue weighted by molar-refractivity contribution is 1.22. The Morgan fingerprint density at radius 2 is 1.85 bits per heavy atom. The zero-order valence-electron chi connectivity index (χ0n) is 6.19. The second-order valence-electron chi connectivity index (χ2n) is 2.27. The van der Waals surface area contributed by atoms with Crippen LogP contribution in [0.1, 0.15) is 11.1 Å². The Kier molecular flexibility index (Phi) is 3.32. The van der Waals surface area contributed by atoms with Gasteiger partial charge in [0.2, 0.25) is 3.79 Å². The zero-order valence-corrected chi connectivity index (χ0v) is 9.21. The lowest BCUT2D eigenvalue weighted by Gasteiger charge is -2.13. The van der Waals surface area contributed by atoms with Crippen molar-refractivity contribution < 1.29 is 0 Å². The van der Waals surface area contributed by atoms with Crippen molar-refractivity contribution in [2.75, 3.05) is 0 Å². The number of halogens is 4. The molecule has 13 heavy (non-hydrogen) atoms. The smallest absolute Gasteiger partial charge is 0.192 e. The van der Waals surface area contributed by atoms with Gasteiger partial charge in [-0.3, -0.25) is 0 Å². The van der Waals surface area contributed by atoms with Crippen LogP contribution >= 0.6 is 46.4 Å². The van der Waals surface area contributed by atoms with Crippen LogP contribution in [0.4, 0.5) is 0 Å². The van der Waals surface area contributed by atoms with Crippen LogP contribution in [0.5, 0.6) is 0 Å². The molecule has 0 heterocycles. The molecule has 5 heteroatoms. The molecule has 0 N–H and O–H groups in total. The number of benzene rings is 1. The van der Waals surface area contributed by atoms with Crippen molar-refractivity contribution in [3.63, 3.8) is 0 Å². The summed E-state index contributed by atoms with van der Waals surface area (Å²) in [4.78, 5) is 0. The van der Waals surface area contributed by atoms with E-state index in [4.69, 9.17) is 51.7 Å². The van der Waals surface area contributed by atoms with E-state index < -0.39 is 3.79 Å². The summed E-state index contributed by atoms with van der Waals surface area (Å²) in [6.07, 6.45) is 0. The maximum atomic E-state index is 8.75. The average molecular weight is 255 g/mol. The van der Waals surface area contributed by atoms with E-state index in [2.05, 4.69) is 0 Å². The molecular formula is C8H3Cl4N.